The highest BCUT2D eigenvalue weighted by molar-refractivity contribution is 8.00. The number of fused-ring (bicyclic) bond motifs is 1. The van der Waals surface area contributed by atoms with Gasteiger partial charge in [-0.25, -0.2) is 4.79 Å². The molecule has 0 spiro atoms. The number of esters is 1. The highest BCUT2D eigenvalue weighted by atomic mass is 32.2. The Balaban J connectivity index is 1.77. The third-order valence-electron chi connectivity index (χ3n) is 4.81. The van der Waals surface area contributed by atoms with Crippen LogP contribution in [0.3, 0.4) is 0 Å². The zero-order valence-corrected chi connectivity index (χ0v) is 15.6. The second-order valence-corrected chi connectivity index (χ2v) is 8.82. The molecule has 2 aliphatic rings. The van der Waals surface area contributed by atoms with Crippen LogP contribution >= 0.6 is 11.8 Å². The summed E-state index contributed by atoms with van der Waals surface area (Å²) in [6.07, 6.45) is 1.11. The van der Waals surface area contributed by atoms with E-state index in [9.17, 15) is 14.4 Å². The van der Waals surface area contributed by atoms with Crippen LogP contribution in [-0.2, 0) is 24.0 Å². The molecule has 134 valence electrons. The number of nitrogens with zero attached hydrogens (tertiary/aromatic N) is 1. The maximum atomic E-state index is 12.6. The van der Waals surface area contributed by atoms with Gasteiger partial charge < -0.3 is 9.64 Å². The lowest BCUT2D eigenvalue weighted by atomic mass is 9.91. The van der Waals surface area contributed by atoms with Crippen molar-refractivity contribution in [3.05, 3.63) is 35.9 Å². The summed E-state index contributed by atoms with van der Waals surface area (Å²) < 4.78 is 5.26. The van der Waals surface area contributed by atoms with E-state index in [0.717, 1.165) is 5.56 Å². The number of carbonyl (C=O) groups is 3. The molecule has 2 fully saturated rings. The minimum Gasteiger partial charge on any atom is -0.456 e. The first-order valence-corrected chi connectivity index (χ1v) is 9.46. The molecule has 5 nitrogen and oxygen atoms in total. The molecule has 2 saturated heterocycles. The molecule has 25 heavy (non-hydrogen) atoms. The average Bonchev–Trinajstić information content (AvgIpc) is 3.12. The predicted octanol–water partition coefficient (Wildman–Crippen LogP) is 2.74. The van der Waals surface area contributed by atoms with Gasteiger partial charge in [0, 0.05) is 17.6 Å². The second-order valence-electron chi connectivity index (χ2n) is 7.52. The topological polar surface area (TPSA) is 63.7 Å². The number of rotatable bonds is 4. The van der Waals surface area contributed by atoms with Crippen LogP contribution in [-0.4, -0.2) is 41.0 Å². The van der Waals surface area contributed by atoms with Gasteiger partial charge in [-0.2, -0.15) is 0 Å². The van der Waals surface area contributed by atoms with Gasteiger partial charge in [-0.1, -0.05) is 51.1 Å². The van der Waals surface area contributed by atoms with E-state index in [1.54, 1.807) is 37.4 Å². The Kier molecular flexibility index (Phi) is 4.66. The first-order chi connectivity index (χ1) is 11.8. The molecular formula is C19H23NO4S. The Morgan fingerprint density at radius 1 is 1.28 bits per heavy atom. The number of benzene rings is 1. The van der Waals surface area contributed by atoms with Crippen molar-refractivity contribution in [2.75, 3.05) is 12.4 Å². The average molecular weight is 361 g/mol. The van der Waals surface area contributed by atoms with Gasteiger partial charge in [-0.05, 0) is 12.0 Å². The summed E-state index contributed by atoms with van der Waals surface area (Å²) in [5, 5.41) is 0. The van der Waals surface area contributed by atoms with E-state index in [-0.39, 0.29) is 18.3 Å². The number of amides is 1. The van der Waals surface area contributed by atoms with Crippen molar-refractivity contribution < 1.29 is 19.1 Å². The number of ether oxygens (including phenoxy) is 1. The lowest BCUT2D eigenvalue weighted by Crippen LogP contribution is -2.47. The molecule has 0 radical (unpaired) electrons. The Morgan fingerprint density at radius 3 is 2.60 bits per heavy atom. The summed E-state index contributed by atoms with van der Waals surface area (Å²) in [6, 6.07) is 9.18. The van der Waals surface area contributed by atoms with E-state index in [2.05, 4.69) is 0 Å². The van der Waals surface area contributed by atoms with Crippen LogP contribution < -0.4 is 0 Å². The van der Waals surface area contributed by atoms with Gasteiger partial charge in [0.05, 0.1) is 0 Å². The maximum absolute atomic E-state index is 12.6. The molecule has 1 aromatic carbocycles. The van der Waals surface area contributed by atoms with Gasteiger partial charge in [0.15, 0.2) is 12.4 Å². The molecule has 3 rings (SSSR count). The molecular weight excluding hydrogens is 338 g/mol. The molecule has 2 aliphatic heterocycles. The van der Waals surface area contributed by atoms with E-state index >= 15 is 0 Å². The monoisotopic (exact) mass is 361 g/mol. The Hall–Kier alpha value is -1.82. The fourth-order valence-electron chi connectivity index (χ4n) is 3.27. The van der Waals surface area contributed by atoms with Gasteiger partial charge in [0.2, 0.25) is 5.91 Å². The van der Waals surface area contributed by atoms with Gasteiger partial charge >= 0.3 is 5.97 Å². The van der Waals surface area contributed by atoms with E-state index < -0.39 is 22.3 Å². The summed E-state index contributed by atoms with van der Waals surface area (Å²) in [6.45, 7) is 5.13. The lowest BCUT2D eigenvalue weighted by molar-refractivity contribution is -0.157. The molecule has 0 saturated carbocycles. The second kappa shape index (κ2) is 6.48. The van der Waals surface area contributed by atoms with Crippen LogP contribution in [0.25, 0.3) is 0 Å². The summed E-state index contributed by atoms with van der Waals surface area (Å²) in [5.74, 6) is -0.159. The molecule has 0 unspecified atom stereocenters. The van der Waals surface area contributed by atoms with Crippen molar-refractivity contribution in [2.45, 2.75) is 44.5 Å². The third-order valence-corrected chi connectivity index (χ3v) is 6.40. The first-order valence-electron chi connectivity index (χ1n) is 8.47. The summed E-state index contributed by atoms with van der Waals surface area (Å²) >= 11 is 1.61. The van der Waals surface area contributed by atoms with Crippen molar-refractivity contribution in [1.82, 2.24) is 4.90 Å². The van der Waals surface area contributed by atoms with Gasteiger partial charge in [-0.3, -0.25) is 9.59 Å². The number of carbonyl (C=O) groups excluding carboxylic acids is 3. The summed E-state index contributed by atoms with van der Waals surface area (Å²) in [5.41, 5.74) is 0.481. The fourth-order valence-corrected chi connectivity index (χ4v) is 4.90. The fraction of sp³-hybridized carbons (Fsp3) is 0.526. The maximum Gasteiger partial charge on any atom is 0.330 e. The molecule has 0 aliphatic carbocycles. The largest absolute Gasteiger partial charge is 0.456 e. The van der Waals surface area contributed by atoms with Crippen LogP contribution in [0.4, 0.5) is 0 Å². The summed E-state index contributed by atoms with van der Waals surface area (Å²) in [4.78, 5) is 38.2. The Bertz CT molecular complexity index is 697. The molecule has 0 N–H and O–H groups in total. The first kappa shape index (κ1) is 18.0. The van der Waals surface area contributed by atoms with E-state index in [1.807, 2.05) is 30.3 Å². The van der Waals surface area contributed by atoms with Crippen molar-refractivity contribution in [1.29, 1.82) is 0 Å². The number of thioether (sulfide) groups is 1. The third kappa shape index (κ3) is 3.19. The normalized spacial score (nSPS) is 25.8. The van der Waals surface area contributed by atoms with Crippen molar-refractivity contribution in [3.8, 4) is 0 Å². The van der Waals surface area contributed by atoms with Crippen molar-refractivity contribution in [3.63, 3.8) is 0 Å². The van der Waals surface area contributed by atoms with Crippen molar-refractivity contribution >= 4 is 29.4 Å². The van der Waals surface area contributed by atoms with Crippen molar-refractivity contribution in [2.24, 2.45) is 5.41 Å². The van der Waals surface area contributed by atoms with Crippen LogP contribution in [0.15, 0.2) is 30.3 Å². The predicted molar refractivity (Wildman–Crippen MR) is 95.9 cm³/mol. The van der Waals surface area contributed by atoms with Crippen LogP contribution in [0, 0.1) is 5.41 Å². The SMILES string of the molecule is CC(C)(C)C(=O)COC(=O)[C@@H]1CS[C@@]2(c3ccccc3)CCC(=O)N12. The molecule has 2 heterocycles. The highest BCUT2D eigenvalue weighted by Crippen LogP contribution is 2.54. The van der Waals surface area contributed by atoms with E-state index in [1.165, 1.54) is 0 Å². The minimum absolute atomic E-state index is 0.0297. The summed E-state index contributed by atoms with van der Waals surface area (Å²) in [7, 11) is 0. The number of hydrogen-bond donors (Lipinski definition) is 0. The van der Waals surface area contributed by atoms with E-state index in [4.69, 9.17) is 4.74 Å². The highest BCUT2D eigenvalue weighted by Gasteiger charge is 2.57. The molecule has 0 bridgehead atoms. The Labute approximate surface area is 152 Å². The molecule has 2 atom stereocenters. The molecule has 1 amide bonds. The van der Waals surface area contributed by atoms with Crippen LogP contribution in [0.2, 0.25) is 0 Å². The standard InChI is InChI=1S/C19H23NO4S/c1-18(2,3)15(21)11-24-17(23)14-12-25-19(10-9-16(22)20(14)19)13-7-5-4-6-8-13/h4-8,14H,9-12H2,1-3H3/t14-,19+/m0/s1. The minimum atomic E-state index is -0.632. The number of ketones is 1. The molecule has 6 heteroatoms. The zero-order chi connectivity index (χ0) is 18.2. The molecule has 1 aromatic rings. The van der Waals surface area contributed by atoms with Gasteiger partial charge in [0.25, 0.3) is 0 Å². The number of Topliss-reactive ketones (excluding diaryl/α,β-unsaturated/α-hetero) is 1. The van der Waals surface area contributed by atoms with Crippen LogP contribution in [0.1, 0.15) is 39.2 Å². The zero-order valence-electron chi connectivity index (χ0n) is 14.8. The van der Waals surface area contributed by atoms with Crippen LogP contribution in [0.5, 0.6) is 0 Å². The van der Waals surface area contributed by atoms with E-state index in [0.29, 0.717) is 18.6 Å². The molecule has 0 aromatic heterocycles. The lowest BCUT2D eigenvalue weighted by Gasteiger charge is -2.33. The van der Waals surface area contributed by atoms with Gasteiger partial charge in [0.1, 0.15) is 10.9 Å². The smallest absolute Gasteiger partial charge is 0.330 e. The Morgan fingerprint density at radius 2 is 1.96 bits per heavy atom. The number of hydrogen-bond acceptors (Lipinski definition) is 5. The van der Waals surface area contributed by atoms with Gasteiger partial charge in [-0.15, -0.1) is 11.8 Å². The quantitative estimate of drug-likeness (QED) is 0.772.